The predicted molar refractivity (Wildman–Crippen MR) is 72.3 cm³/mol. The standard InChI is InChI=1S/C14H28N2O2/c1-10-9-18-12(8-17)7-16(10)6-11-4-5-14(2,3)13(11)15/h10-13,17H,4-9,15H2,1-3H3. The fourth-order valence-corrected chi connectivity index (χ4v) is 3.29. The van der Waals surface area contributed by atoms with Crippen molar-refractivity contribution in [2.45, 2.75) is 51.8 Å². The first-order valence-corrected chi connectivity index (χ1v) is 7.16. The SMILES string of the molecule is CC1COC(CO)CN1CC1CCC(C)(C)C1N. The van der Waals surface area contributed by atoms with Crippen LogP contribution in [0.2, 0.25) is 0 Å². The van der Waals surface area contributed by atoms with E-state index in [1.54, 1.807) is 0 Å². The van der Waals surface area contributed by atoms with Gasteiger partial charge in [-0.15, -0.1) is 0 Å². The maximum atomic E-state index is 9.21. The lowest BCUT2D eigenvalue weighted by molar-refractivity contribution is -0.0820. The number of aliphatic hydroxyl groups is 1. The number of aliphatic hydroxyl groups excluding tert-OH is 1. The molecule has 4 nitrogen and oxygen atoms in total. The van der Waals surface area contributed by atoms with Gasteiger partial charge in [-0.2, -0.15) is 0 Å². The molecule has 18 heavy (non-hydrogen) atoms. The molecule has 1 heterocycles. The molecule has 0 spiro atoms. The van der Waals surface area contributed by atoms with Gasteiger partial charge in [-0.3, -0.25) is 4.90 Å². The van der Waals surface area contributed by atoms with E-state index in [2.05, 4.69) is 25.7 Å². The Balaban J connectivity index is 1.92. The summed E-state index contributed by atoms with van der Waals surface area (Å²) in [5, 5.41) is 9.21. The Morgan fingerprint density at radius 3 is 2.72 bits per heavy atom. The van der Waals surface area contributed by atoms with Gasteiger partial charge in [0.15, 0.2) is 0 Å². The molecule has 0 amide bonds. The molecule has 106 valence electrons. The third kappa shape index (κ3) is 2.87. The summed E-state index contributed by atoms with van der Waals surface area (Å²) in [6.07, 6.45) is 2.43. The van der Waals surface area contributed by atoms with E-state index < -0.39 is 0 Å². The minimum absolute atomic E-state index is 0.0214. The summed E-state index contributed by atoms with van der Waals surface area (Å²) in [5.74, 6) is 0.583. The van der Waals surface area contributed by atoms with Crippen molar-refractivity contribution in [1.29, 1.82) is 0 Å². The van der Waals surface area contributed by atoms with Crippen molar-refractivity contribution >= 4 is 0 Å². The van der Waals surface area contributed by atoms with E-state index in [1.165, 1.54) is 12.8 Å². The van der Waals surface area contributed by atoms with Crippen LogP contribution in [0.4, 0.5) is 0 Å². The molecule has 2 rings (SSSR count). The fourth-order valence-electron chi connectivity index (χ4n) is 3.29. The molecule has 0 aromatic rings. The lowest BCUT2D eigenvalue weighted by Gasteiger charge is -2.40. The van der Waals surface area contributed by atoms with Gasteiger partial charge < -0.3 is 15.6 Å². The number of nitrogens with two attached hydrogens (primary N) is 1. The topological polar surface area (TPSA) is 58.7 Å². The van der Waals surface area contributed by atoms with E-state index in [9.17, 15) is 5.11 Å². The zero-order chi connectivity index (χ0) is 13.3. The van der Waals surface area contributed by atoms with Crippen molar-refractivity contribution in [1.82, 2.24) is 4.90 Å². The molecule has 4 heteroatoms. The van der Waals surface area contributed by atoms with Gasteiger partial charge in [0.25, 0.3) is 0 Å². The van der Waals surface area contributed by atoms with E-state index in [1.807, 2.05) is 0 Å². The smallest absolute Gasteiger partial charge is 0.0933 e. The van der Waals surface area contributed by atoms with Gasteiger partial charge in [0.2, 0.25) is 0 Å². The third-order valence-electron chi connectivity index (χ3n) is 4.88. The molecular weight excluding hydrogens is 228 g/mol. The van der Waals surface area contributed by atoms with Gasteiger partial charge in [0.1, 0.15) is 0 Å². The highest BCUT2D eigenvalue weighted by molar-refractivity contribution is 4.96. The molecule has 0 bridgehead atoms. The number of ether oxygens (including phenoxy) is 1. The van der Waals surface area contributed by atoms with E-state index >= 15 is 0 Å². The molecule has 2 aliphatic rings. The van der Waals surface area contributed by atoms with Crippen LogP contribution in [-0.2, 0) is 4.74 Å². The minimum atomic E-state index is -0.0214. The first-order valence-electron chi connectivity index (χ1n) is 7.16. The van der Waals surface area contributed by atoms with Crippen molar-refractivity contribution in [2.24, 2.45) is 17.1 Å². The van der Waals surface area contributed by atoms with Gasteiger partial charge in [-0.05, 0) is 31.1 Å². The molecule has 4 unspecified atom stereocenters. The predicted octanol–water partition coefficient (Wildman–Crippen LogP) is 0.832. The average molecular weight is 256 g/mol. The van der Waals surface area contributed by atoms with Crippen molar-refractivity contribution in [3.05, 3.63) is 0 Å². The highest BCUT2D eigenvalue weighted by Gasteiger charge is 2.41. The Morgan fingerprint density at radius 1 is 1.44 bits per heavy atom. The lowest BCUT2D eigenvalue weighted by atomic mass is 9.85. The van der Waals surface area contributed by atoms with Crippen LogP contribution < -0.4 is 5.73 Å². The van der Waals surface area contributed by atoms with E-state index in [0.29, 0.717) is 18.0 Å². The van der Waals surface area contributed by atoms with E-state index in [4.69, 9.17) is 10.5 Å². The summed E-state index contributed by atoms with van der Waals surface area (Å²) in [4.78, 5) is 2.44. The molecule has 2 fully saturated rings. The van der Waals surface area contributed by atoms with Crippen molar-refractivity contribution in [3.8, 4) is 0 Å². The molecule has 0 aromatic carbocycles. The first kappa shape index (κ1) is 14.3. The number of rotatable bonds is 3. The zero-order valence-electron chi connectivity index (χ0n) is 11.9. The lowest BCUT2D eigenvalue weighted by Crippen LogP contribution is -2.52. The average Bonchev–Trinajstić information content (AvgIpc) is 2.59. The molecular formula is C14H28N2O2. The molecule has 0 radical (unpaired) electrons. The second-order valence-electron chi connectivity index (χ2n) is 6.75. The van der Waals surface area contributed by atoms with Gasteiger partial charge in [0.05, 0.1) is 19.3 Å². The van der Waals surface area contributed by atoms with E-state index in [0.717, 1.165) is 19.7 Å². The maximum Gasteiger partial charge on any atom is 0.0933 e. The summed E-state index contributed by atoms with van der Waals surface area (Å²) < 4.78 is 5.58. The highest BCUT2D eigenvalue weighted by atomic mass is 16.5. The Morgan fingerprint density at radius 2 is 2.17 bits per heavy atom. The Bertz CT molecular complexity index is 283. The number of hydrogen-bond acceptors (Lipinski definition) is 4. The van der Waals surface area contributed by atoms with Crippen LogP contribution in [0, 0.1) is 11.3 Å². The normalized spacial score (nSPS) is 41.2. The summed E-state index contributed by atoms with van der Waals surface area (Å²) >= 11 is 0. The molecule has 1 aliphatic carbocycles. The highest BCUT2D eigenvalue weighted by Crippen LogP contribution is 2.40. The van der Waals surface area contributed by atoms with E-state index in [-0.39, 0.29) is 18.1 Å². The molecule has 1 saturated heterocycles. The monoisotopic (exact) mass is 256 g/mol. The Hall–Kier alpha value is -0.160. The Kier molecular flexibility index (Phi) is 4.32. The van der Waals surface area contributed by atoms with Crippen LogP contribution >= 0.6 is 0 Å². The molecule has 1 saturated carbocycles. The quantitative estimate of drug-likeness (QED) is 0.785. The van der Waals surface area contributed by atoms with Crippen LogP contribution in [0.5, 0.6) is 0 Å². The summed E-state index contributed by atoms with van der Waals surface area (Å²) in [7, 11) is 0. The molecule has 1 aliphatic heterocycles. The van der Waals surface area contributed by atoms with Gasteiger partial charge in [-0.25, -0.2) is 0 Å². The van der Waals surface area contributed by atoms with Crippen molar-refractivity contribution in [2.75, 3.05) is 26.3 Å². The molecule has 0 aromatic heterocycles. The van der Waals surface area contributed by atoms with Crippen molar-refractivity contribution in [3.63, 3.8) is 0 Å². The summed E-state index contributed by atoms with van der Waals surface area (Å²) in [5.41, 5.74) is 6.65. The number of morpholine rings is 1. The third-order valence-corrected chi connectivity index (χ3v) is 4.88. The van der Waals surface area contributed by atoms with Crippen LogP contribution in [0.25, 0.3) is 0 Å². The minimum Gasteiger partial charge on any atom is -0.394 e. The molecule has 3 N–H and O–H groups in total. The Labute approximate surface area is 110 Å². The van der Waals surface area contributed by atoms with Gasteiger partial charge >= 0.3 is 0 Å². The van der Waals surface area contributed by atoms with Crippen molar-refractivity contribution < 1.29 is 9.84 Å². The molecule has 4 atom stereocenters. The summed E-state index contributed by atoms with van der Waals surface area (Å²) in [6, 6.07) is 0.726. The van der Waals surface area contributed by atoms with Crippen LogP contribution in [-0.4, -0.2) is 54.5 Å². The second-order valence-corrected chi connectivity index (χ2v) is 6.75. The second kappa shape index (κ2) is 5.45. The van der Waals surface area contributed by atoms with Crippen LogP contribution in [0.3, 0.4) is 0 Å². The van der Waals surface area contributed by atoms with Crippen LogP contribution in [0.15, 0.2) is 0 Å². The van der Waals surface area contributed by atoms with Gasteiger partial charge in [0, 0.05) is 25.2 Å². The van der Waals surface area contributed by atoms with Crippen LogP contribution in [0.1, 0.15) is 33.6 Å². The number of nitrogens with zero attached hydrogens (tertiary/aromatic N) is 1. The maximum absolute atomic E-state index is 9.21. The fraction of sp³-hybridized carbons (Fsp3) is 1.00. The van der Waals surface area contributed by atoms with Gasteiger partial charge in [-0.1, -0.05) is 13.8 Å². The zero-order valence-corrected chi connectivity index (χ0v) is 11.9. The first-order chi connectivity index (χ1) is 8.44. The summed E-state index contributed by atoms with van der Waals surface area (Å²) in [6.45, 7) is 9.46. The largest absolute Gasteiger partial charge is 0.394 e. The number of hydrogen-bond donors (Lipinski definition) is 2.